The van der Waals surface area contributed by atoms with Crippen molar-refractivity contribution in [1.82, 2.24) is 19.9 Å². The lowest BCUT2D eigenvalue weighted by molar-refractivity contribution is 0.0581. The highest BCUT2D eigenvalue weighted by Gasteiger charge is 2.26. The van der Waals surface area contributed by atoms with Crippen LogP contribution in [-0.4, -0.2) is 38.2 Å². The molecule has 0 radical (unpaired) electrons. The summed E-state index contributed by atoms with van der Waals surface area (Å²) in [5, 5.41) is 0.758. The maximum atomic E-state index is 14.0. The van der Waals surface area contributed by atoms with Crippen LogP contribution in [0.5, 0.6) is 0 Å². The Morgan fingerprint density at radius 2 is 2.03 bits per heavy atom. The summed E-state index contributed by atoms with van der Waals surface area (Å²) in [6.07, 6.45) is 1.06. The number of pyridine rings is 1. The first-order chi connectivity index (χ1) is 14.7. The molecule has 0 aliphatic heterocycles. The number of nitrogens with zero attached hydrogens (tertiary/aromatic N) is 3. The summed E-state index contributed by atoms with van der Waals surface area (Å²) < 4.78 is 19.6. The third-order valence-electron chi connectivity index (χ3n) is 4.82. The molecular formula is C22H25FN6O2. The number of fused-ring (bicyclic) bond motifs is 3. The van der Waals surface area contributed by atoms with Crippen molar-refractivity contribution in [2.24, 2.45) is 5.73 Å². The average Bonchev–Trinajstić information content (AvgIpc) is 3.33. The van der Waals surface area contributed by atoms with Crippen molar-refractivity contribution in [1.29, 1.82) is 0 Å². The highest BCUT2D eigenvalue weighted by atomic mass is 19.1. The fourth-order valence-electron chi connectivity index (χ4n) is 3.50. The second kappa shape index (κ2) is 7.66. The number of ether oxygens (including phenoxy) is 1. The molecule has 0 saturated heterocycles. The maximum Gasteiger partial charge on any atom is 0.416 e. The third-order valence-corrected chi connectivity index (χ3v) is 4.82. The molecule has 0 atom stereocenters. The average molecular weight is 424 g/mol. The van der Waals surface area contributed by atoms with Gasteiger partial charge in [-0.3, -0.25) is 4.90 Å². The summed E-state index contributed by atoms with van der Waals surface area (Å²) in [5.41, 5.74) is 8.88. The van der Waals surface area contributed by atoms with Crippen LogP contribution in [0.3, 0.4) is 0 Å². The standard InChI is InChI=1S/C22H25FN6O2/c1-5-29(21(30)31-22(2,3)4)20-18-17(25-11-26-18)15-9-16(27-19(15)28-20)13-6-12(10-24)7-14(23)8-13/h6-9,11H,5,10,24H2,1-4H3,(H,25,26)(H,27,28). The lowest BCUT2D eigenvalue weighted by Gasteiger charge is -2.26. The van der Waals surface area contributed by atoms with Crippen LogP contribution in [0.4, 0.5) is 15.0 Å². The number of carbonyl (C=O) groups excluding carboxylic acids is 1. The number of halogens is 1. The Hall–Kier alpha value is -3.46. The van der Waals surface area contributed by atoms with Crippen molar-refractivity contribution in [3.63, 3.8) is 0 Å². The Balaban J connectivity index is 1.86. The first-order valence-corrected chi connectivity index (χ1v) is 10.1. The molecule has 162 valence electrons. The molecule has 0 fully saturated rings. The Labute approximate surface area is 178 Å². The normalized spacial score (nSPS) is 11.9. The number of carbonyl (C=O) groups is 1. The minimum atomic E-state index is -0.639. The molecule has 9 heteroatoms. The summed E-state index contributed by atoms with van der Waals surface area (Å²) in [5.74, 6) is 0.0456. The van der Waals surface area contributed by atoms with Gasteiger partial charge in [0.25, 0.3) is 0 Å². The van der Waals surface area contributed by atoms with Crippen molar-refractivity contribution >= 4 is 34.0 Å². The van der Waals surface area contributed by atoms with Crippen LogP contribution in [0.2, 0.25) is 0 Å². The molecule has 8 nitrogen and oxygen atoms in total. The molecule has 0 unspecified atom stereocenters. The van der Waals surface area contributed by atoms with E-state index >= 15 is 0 Å². The first-order valence-electron chi connectivity index (χ1n) is 10.1. The molecule has 1 aromatic carbocycles. The van der Waals surface area contributed by atoms with Gasteiger partial charge in [0.1, 0.15) is 28.1 Å². The van der Waals surface area contributed by atoms with Gasteiger partial charge in [0.05, 0.1) is 6.33 Å². The van der Waals surface area contributed by atoms with Crippen molar-refractivity contribution in [3.8, 4) is 11.3 Å². The highest BCUT2D eigenvalue weighted by molar-refractivity contribution is 6.09. The van der Waals surface area contributed by atoms with E-state index in [9.17, 15) is 9.18 Å². The summed E-state index contributed by atoms with van der Waals surface area (Å²) >= 11 is 0. The smallest absolute Gasteiger partial charge is 0.416 e. The molecule has 1 amide bonds. The van der Waals surface area contributed by atoms with Gasteiger partial charge in [-0.15, -0.1) is 0 Å². The molecule has 4 rings (SSSR count). The van der Waals surface area contributed by atoms with Crippen LogP contribution in [0.1, 0.15) is 33.3 Å². The zero-order chi connectivity index (χ0) is 22.3. The van der Waals surface area contributed by atoms with Gasteiger partial charge in [0, 0.05) is 29.7 Å². The number of benzene rings is 1. The summed E-state index contributed by atoms with van der Waals surface area (Å²) in [6.45, 7) is 7.88. The van der Waals surface area contributed by atoms with E-state index in [-0.39, 0.29) is 12.4 Å². The van der Waals surface area contributed by atoms with Crippen LogP contribution in [0.25, 0.3) is 33.3 Å². The molecule has 0 aliphatic rings. The monoisotopic (exact) mass is 424 g/mol. The van der Waals surface area contributed by atoms with Gasteiger partial charge in [-0.25, -0.2) is 19.2 Å². The Morgan fingerprint density at radius 1 is 1.26 bits per heavy atom. The fourth-order valence-corrected chi connectivity index (χ4v) is 3.50. The lowest BCUT2D eigenvalue weighted by Crippen LogP contribution is -2.37. The molecular weight excluding hydrogens is 399 g/mol. The maximum absolute atomic E-state index is 14.0. The zero-order valence-electron chi connectivity index (χ0n) is 17.9. The molecule has 0 bridgehead atoms. The minimum absolute atomic E-state index is 0.234. The van der Waals surface area contributed by atoms with E-state index in [1.54, 1.807) is 6.33 Å². The van der Waals surface area contributed by atoms with Gasteiger partial charge in [-0.05, 0) is 57.5 Å². The third kappa shape index (κ3) is 3.96. The predicted molar refractivity (Wildman–Crippen MR) is 118 cm³/mol. The number of amides is 1. The Kier molecular flexibility index (Phi) is 5.14. The van der Waals surface area contributed by atoms with Crippen LogP contribution < -0.4 is 10.6 Å². The van der Waals surface area contributed by atoms with E-state index < -0.39 is 11.7 Å². The van der Waals surface area contributed by atoms with Gasteiger partial charge in [-0.2, -0.15) is 0 Å². The highest BCUT2D eigenvalue weighted by Crippen LogP contribution is 2.33. The second-order valence-electron chi connectivity index (χ2n) is 8.28. The Bertz CT molecular complexity index is 1270. The number of aromatic nitrogens is 4. The fraction of sp³-hybridized carbons (Fsp3) is 0.318. The van der Waals surface area contributed by atoms with E-state index in [0.717, 1.165) is 5.39 Å². The predicted octanol–water partition coefficient (Wildman–Crippen LogP) is 4.47. The first kappa shape index (κ1) is 20.8. The number of anilines is 1. The minimum Gasteiger partial charge on any atom is -0.443 e. The second-order valence-corrected chi connectivity index (χ2v) is 8.28. The Morgan fingerprint density at radius 3 is 2.71 bits per heavy atom. The molecule has 0 aliphatic carbocycles. The largest absolute Gasteiger partial charge is 0.443 e. The molecule has 0 spiro atoms. The van der Waals surface area contributed by atoms with E-state index in [1.165, 1.54) is 17.0 Å². The molecule has 4 aromatic rings. The number of nitrogens with two attached hydrogens (primary N) is 1. The number of hydrogen-bond acceptors (Lipinski definition) is 5. The van der Waals surface area contributed by atoms with Crippen LogP contribution in [0, 0.1) is 5.82 Å². The summed E-state index contributed by atoms with van der Waals surface area (Å²) in [6, 6.07) is 6.55. The van der Waals surface area contributed by atoms with Crippen molar-refractivity contribution < 1.29 is 13.9 Å². The number of rotatable bonds is 4. The summed E-state index contributed by atoms with van der Waals surface area (Å²) in [7, 11) is 0. The molecule has 4 N–H and O–H groups in total. The zero-order valence-corrected chi connectivity index (χ0v) is 17.9. The molecule has 31 heavy (non-hydrogen) atoms. The van der Waals surface area contributed by atoms with Crippen molar-refractivity contribution in [2.75, 3.05) is 11.4 Å². The van der Waals surface area contributed by atoms with E-state index in [4.69, 9.17) is 10.5 Å². The van der Waals surface area contributed by atoms with Crippen LogP contribution in [-0.2, 0) is 11.3 Å². The lowest BCUT2D eigenvalue weighted by atomic mass is 10.1. The summed E-state index contributed by atoms with van der Waals surface area (Å²) in [4.78, 5) is 29.7. The van der Waals surface area contributed by atoms with Gasteiger partial charge in [0.2, 0.25) is 0 Å². The van der Waals surface area contributed by atoms with Gasteiger partial charge in [0.15, 0.2) is 5.82 Å². The number of H-pyrrole nitrogens is 2. The topological polar surface area (TPSA) is 113 Å². The van der Waals surface area contributed by atoms with E-state index in [1.807, 2.05) is 39.8 Å². The quantitative estimate of drug-likeness (QED) is 0.447. The molecule has 3 aromatic heterocycles. The van der Waals surface area contributed by atoms with Gasteiger partial charge < -0.3 is 20.4 Å². The van der Waals surface area contributed by atoms with Gasteiger partial charge >= 0.3 is 6.09 Å². The van der Waals surface area contributed by atoms with E-state index in [0.29, 0.717) is 45.9 Å². The van der Waals surface area contributed by atoms with Crippen molar-refractivity contribution in [3.05, 3.63) is 42.0 Å². The van der Waals surface area contributed by atoms with E-state index in [2.05, 4.69) is 19.9 Å². The van der Waals surface area contributed by atoms with Gasteiger partial charge in [-0.1, -0.05) is 0 Å². The number of imidazole rings is 1. The molecule has 3 heterocycles. The number of hydrogen-bond donors (Lipinski definition) is 3. The number of nitrogens with one attached hydrogen (secondary N) is 2. The molecule has 0 saturated carbocycles. The SMILES string of the molecule is CCN(C(=O)OC(C)(C)C)c1nc2[nH]c(-c3cc(F)cc(CN)c3)cc2c2nc[nH]c12. The van der Waals surface area contributed by atoms with Crippen LogP contribution in [0.15, 0.2) is 30.6 Å². The number of aromatic amines is 2. The van der Waals surface area contributed by atoms with Crippen molar-refractivity contribution in [2.45, 2.75) is 39.8 Å². The van der Waals surface area contributed by atoms with Crippen LogP contribution >= 0.6 is 0 Å².